The van der Waals surface area contributed by atoms with Crippen LogP contribution in [-0.2, 0) is 6.42 Å². The molecule has 1 aromatic heterocycles. The SMILES string of the molecule is COc1sc(CCCN2CCCC2)cc1Br. The summed E-state index contributed by atoms with van der Waals surface area (Å²) in [5.41, 5.74) is 0. The van der Waals surface area contributed by atoms with Crippen LogP contribution in [0.15, 0.2) is 10.5 Å². The van der Waals surface area contributed by atoms with Gasteiger partial charge in [-0.05, 0) is 67.3 Å². The molecule has 0 N–H and O–H groups in total. The van der Waals surface area contributed by atoms with Gasteiger partial charge in [0.05, 0.1) is 11.6 Å². The highest BCUT2D eigenvalue weighted by Crippen LogP contribution is 2.35. The quantitative estimate of drug-likeness (QED) is 0.825. The molecule has 2 rings (SSSR count). The molecule has 0 atom stereocenters. The molecule has 0 aliphatic carbocycles. The average Bonchev–Trinajstić information content (AvgIpc) is 2.88. The van der Waals surface area contributed by atoms with Crippen molar-refractivity contribution in [1.29, 1.82) is 0 Å². The minimum atomic E-state index is 0.996. The molecule has 1 saturated heterocycles. The Labute approximate surface area is 110 Å². The van der Waals surface area contributed by atoms with Crippen LogP contribution >= 0.6 is 27.3 Å². The third-order valence-electron chi connectivity index (χ3n) is 2.99. The molecule has 0 aromatic carbocycles. The molecule has 1 aliphatic heterocycles. The Hall–Kier alpha value is -0.0600. The van der Waals surface area contributed by atoms with Crippen LogP contribution in [0.25, 0.3) is 0 Å². The monoisotopic (exact) mass is 303 g/mol. The minimum absolute atomic E-state index is 0.996. The molecule has 16 heavy (non-hydrogen) atoms. The molecule has 0 amide bonds. The highest BCUT2D eigenvalue weighted by atomic mass is 79.9. The number of methoxy groups -OCH3 is 1. The van der Waals surface area contributed by atoms with Crippen molar-refractivity contribution in [2.24, 2.45) is 0 Å². The molecule has 0 radical (unpaired) electrons. The smallest absolute Gasteiger partial charge is 0.188 e. The zero-order chi connectivity index (χ0) is 11.4. The summed E-state index contributed by atoms with van der Waals surface area (Å²) in [6, 6.07) is 2.19. The fraction of sp³-hybridized carbons (Fsp3) is 0.667. The summed E-state index contributed by atoms with van der Waals surface area (Å²) in [7, 11) is 1.73. The molecule has 1 aromatic rings. The lowest BCUT2D eigenvalue weighted by Crippen LogP contribution is -2.20. The summed E-state index contributed by atoms with van der Waals surface area (Å²) < 4.78 is 6.36. The lowest BCUT2D eigenvalue weighted by molar-refractivity contribution is 0.334. The van der Waals surface area contributed by atoms with Crippen LogP contribution in [0, 0.1) is 0 Å². The lowest BCUT2D eigenvalue weighted by Gasteiger charge is -2.13. The Balaban J connectivity index is 1.75. The van der Waals surface area contributed by atoms with Crippen LogP contribution in [-0.4, -0.2) is 31.6 Å². The molecule has 0 unspecified atom stereocenters. The van der Waals surface area contributed by atoms with Crippen molar-refractivity contribution in [3.8, 4) is 5.06 Å². The predicted octanol–water partition coefficient (Wildman–Crippen LogP) is 3.55. The van der Waals surface area contributed by atoms with Gasteiger partial charge in [0.1, 0.15) is 0 Å². The number of nitrogens with zero attached hydrogens (tertiary/aromatic N) is 1. The van der Waals surface area contributed by atoms with Gasteiger partial charge in [0.25, 0.3) is 0 Å². The van der Waals surface area contributed by atoms with Crippen LogP contribution in [0.4, 0.5) is 0 Å². The number of hydrogen-bond acceptors (Lipinski definition) is 3. The third kappa shape index (κ3) is 3.22. The number of hydrogen-bond donors (Lipinski definition) is 0. The fourth-order valence-corrected chi connectivity index (χ4v) is 3.88. The van der Waals surface area contributed by atoms with Gasteiger partial charge in [-0.25, -0.2) is 0 Å². The van der Waals surface area contributed by atoms with E-state index in [1.54, 1.807) is 18.4 Å². The number of aryl methyl sites for hydroxylation is 1. The molecule has 90 valence electrons. The summed E-state index contributed by atoms with van der Waals surface area (Å²) in [4.78, 5) is 3.99. The van der Waals surface area contributed by atoms with Gasteiger partial charge < -0.3 is 9.64 Å². The van der Waals surface area contributed by atoms with Crippen molar-refractivity contribution in [3.63, 3.8) is 0 Å². The highest BCUT2D eigenvalue weighted by Gasteiger charge is 2.11. The van der Waals surface area contributed by atoms with Gasteiger partial charge in [-0.15, -0.1) is 11.3 Å². The minimum Gasteiger partial charge on any atom is -0.486 e. The van der Waals surface area contributed by atoms with Crippen molar-refractivity contribution in [1.82, 2.24) is 4.90 Å². The molecule has 0 bridgehead atoms. The first kappa shape index (κ1) is 12.4. The van der Waals surface area contributed by atoms with Crippen molar-refractivity contribution >= 4 is 27.3 Å². The number of thiophene rings is 1. The van der Waals surface area contributed by atoms with Gasteiger partial charge in [-0.1, -0.05) is 0 Å². The van der Waals surface area contributed by atoms with E-state index in [1.807, 2.05) is 0 Å². The number of rotatable bonds is 5. The topological polar surface area (TPSA) is 12.5 Å². The van der Waals surface area contributed by atoms with Crippen LogP contribution < -0.4 is 4.74 Å². The van der Waals surface area contributed by atoms with Crippen molar-refractivity contribution < 1.29 is 4.74 Å². The molecular formula is C12H18BrNOS. The van der Waals surface area contributed by atoms with Crippen molar-refractivity contribution in [2.45, 2.75) is 25.7 Å². The average molecular weight is 304 g/mol. The van der Waals surface area contributed by atoms with Gasteiger partial charge >= 0.3 is 0 Å². The van der Waals surface area contributed by atoms with E-state index in [9.17, 15) is 0 Å². The normalized spacial score (nSPS) is 16.9. The molecule has 1 fully saturated rings. The Kier molecular flexibility index (Phi) is 4.67. The van der Waals surface area contributed by atoms with Crippen molar-refractivity contribution in [2.75, 3.05) is 26.7 Å². The number of halogens is 1. The van der Waals surface area contributed by atoms with Crippen LogP contribution in [0.3, 0.4) is 0 Å². The first-order valence-electron chi connectivity index (χ1n) is 5.84. The van der Waals surface area contributed by atoms with E-state index in [-0.39, 0.29) is 0 Å². The van der Waals surface area contributed by atoms with E-state index >= 15 is 0 Å². The Morgan fingerprint density at radius 3 is 2.81 bits per heavy atom. The predicted molar refractivity (Wildman–Crippen MR) is 72.6 cm³/mol. The molecule has 2 nitrogen and oxygen atoms in total. The van der Waals surface area contributed by atoms with Gasteiger partial charge in [-0.2, -0.15) is 0 Å². The summed E-state index contributed by atoms with van der Waals surface area (Å²) in [6.45, 7) is 3.85. The van der Waals surface area contributed by atoms with E-state index in [0.29, 0.717) is 0 Å². The van der Waals surface area contributed by atoms with E-state index in [0.717, 1.165) is 9.54 Å². The summed E-state index contributed by atoms with van der Waals surface area (Å²) in [5, 5.41) is 0.996. The number of likely N-dealkylation sites (tertiary alicyclic amines) is 1. The molecule has 2 heterocycles. The van der Waals surface area contributed by atoms with Gasteiger partial charge in [-0.3, -0.25) is 0 Å². The fourth-order valence-electron chi connectivity index (χ4n) is 2.14. The zero-order valence-corrected chi connectivity index (χ0v) is 12.1. The Morgan fingerprint density at radius 1 is 1.44 bits per heavy atom. The van der Waals surface area contributed by atoms with Crippen LogP contribution in [0.5, 0.6) is 5.06 Å². The van der Waals surface area contributed by atoms with Crippen LogP contribution in [0.1, 0.15) is 24.1 Å². The first-order valence-corrected chi connectivity index (χ1v) is 7.45. The number of ether oxygens (including phenoxy) is 1. The Bertz CT molecular complexity index is 334. The molecule has 4 heteroatoms. The first-order chi connectivity index (χ1) is 7.79. The lowest BCUT2D eigenvalue weighted by atomic mass is 10.2. The van der Waals surface area contributed by atoms with Gasteiger partial charge in [0.15, 0.2) is 5.06 Å². The maximum atomic E-state index is 5.27. The maximum absolute atomic E-state index is 5.27. The maximum Gasteiger partial charge on any atom is 0.188 e. The third-order valence-corrected chi connectivity index (χ3v) is 5.00. The highest BCUT2D eigenvalue weighted by molar-refractivity contribution is 9.10. The van der Waals surface area contributed by atoms with E-state index in [4.69, 9.17) is 4.74 Å². The van der Waals surface area contributed by atoms with Crippen LogP contribution in [0.2, 0.25) is 0 Å². The van der Waals surface area contributed by atoms with E-state index < -0.39 is 0 Å². The standard InChI is InChI=1S/C12H18BrNOS/c1-15-12-11(13)9-10(16-12)5-4-8-14-6-2-3-7-14/h9H,2-8H2,1H3. The molecule has 0 spiro atoms. The summed E-state index contributed by atoms with van der Waals surface area (Å²) in [5.74, 6) is 0. The van der Waals surface area contributed by atoms with Gasteiger partial charge in [0, 0.05) is 4.88 Å². The second-order valence-corrected chi connectivity index (χ2v) is 6.16. The van der Waals surface area contributed by atoms with Gasteiger partial charge in [0.2, 0.25) is 0 Å². The molecule has 0 saturated carbocycles. The van der Waals surface area contributed by atoms with Crippen molar-refractivity contribution in [3.05, 3.63) is 15.4 Å². The summed E-state index contributed by atoms with van der Waals surface area (Å²) >= 11 is 5.26. The molecule has 1 aliphatic rings. The summed E-state index contributed by atoms with van der Waals surface area (Å²) in [6.07, 6.45) is 5.20. The zero-order valence-electron chi connectivity index (χ0n) is 9.67. The second-order valence-electron chi connectivity index (χ2n) is 4.20. The molecular weight excluding hydrogens is 286 g/mol. The second kappa shape index (κ2) is 6.03. The van der Waals surface area contributed by atoms with E-state index in [2.05, 4.69) is 26.9 Å². The Morgan fingerprint density at radius 2 is 2.19 bits per heavy atom. The largest absolute Gasteiger partial charge is 0.486 e. The van der Waals surface area contributed by atoms with E-state index in [1.165, 1.54) is 50.2 Å².